The van der Waals surface area contributed by atoms with E-state index < -0.39 is 0 Å². The number of rotatable bonds is 3. The van der Waals surface area contributed by atoms with Crippen LogP contribution in [0.25, 0.3) is 0 Å². The molecule has 0 aromatic carbocycles. The van der Waals surface area contributed by atoms with Crippen LogP contribution >= 0.6 is 0 Å². The van der Waals surface area contributed by atoms with Crippen molar-refractivity contribution in [2.45, 2.75) is 40.2 Å². The van der Waals surface area contributed by atoms with Crippen LogP contribution in [0.3, 0.4) is 0 Å². The van der Waals surface area contributed by atoms with Crippen molar-refractivity contribution in [2.24, 2.45) is 5.41 Å². The van der Waals surface area contributed by atoms with Crippen molar-refractivity contribution in [1.29, 1.82) is 0 Å². The number of carbonyl (C=O) groups excluding carboxylic acids is 1. The van der Waals surface area contributed by atoms with Crippen molar-refractivity contribution in [3.05, 3.63) is 12.7 Å². The Hall–Kier alpha value is -0.790. The fourth-order valence-electron chi connectivity index (χ4n) is 1.50. The van der Waals surface area contributed by atoms with Gasteiger partial charge in [-0.15, -0.1) is 6.58 Å². The summed E-state index contributed by atoms with van der Waals surface area (Å²) in [6, 6.07) is 0.111. The quantitative estimate of drug-likeness (QED) is 0.615. The van der Waals surface area contributed by atoms with Gasteiger partial charge < -0.3 is 4.90 Å². The normalized spacial score (nSPS) is 13.6. The zero-order valence-corrected chi connectivity index (χ0v) is 9.42. The van der Waals surface area contributed by atoms with E-state index in [0.29, 0.717) is 6.42 Å². The van der Waals surface area contributed by atoms with Crippen molar-refractivity contribution >= 4 is 5.91 Å². The van der Waals surface area contributed by atoms with E-state index in [1.54, 1.807) is 4.90 Å². The molecular weight excluding hydrogens is 162 g/mol. The van der Waals surface area contributed by atoms with Crippen LogP contribution in [-0.4, -0.2) is 23.9 Å². The molecule has 0 saturated heterocycles. The molecule has 0 aliphatic rings. The molecular formula is C11H21NO. The van der Waals surface area contributed by atoms with E-state index in [-0.39, 0.29) is 17.4 Å². The first-order valence-corrected chi connectivity index (χ1v) is 4.72. The molecule has 2 heteroatoms. The smallest absolute Gasteiger partial charge is 0.222 e. The Balaban J connectivity index is 4.59. The van der Waals surface area contributed by atoms with Gasteiger partial charge in [0.2, 0.25) is 5.91 Å². The van der Waals surface area contributed by atoms with Crippen LogP contribution in [0, 0.1) is 5.41 Å². The van der Waals surface area contributed by atoms with Gasteiger partial charge in [0.1, 0.15) is 0 Å². The summed E-state index contributed by atoms with van der Waals surface area (Å²) >= 11 is 0. The molecule has 1 amide bonds. The van der Waals surface area contributed by atoms with Gasteiger partial charge in [-0.3, -0.25) is 4.79 Å². The summed E-state index contributed by atoms with van der Waals surface area (Å²) in [4.78, 5) is 13.2. The third-order valence-corrected chi connectivity index (χ3v) is 2.22. The molecule has 0 spiro atoms. The first-order valence-electron chi connectivity index (χ1n) is 4.72. The van der Waals surface area contributed by atoms with E-state index >= 15 is 0 Å². The minimum absolute atomic E-state index is 0.0569. The second-order valence-corrected chi connectivity index (χ2v) is 4.40. The third-order valence-electron chi connectivity index (χ3n) is 2.22. The lowest BCUT2D eigenvalue weighted by Gasteiger charge is -2.35. The highest BCUT2D eigenvalue weighted by atomic mass is 16.2. The summed E-state index contributed by atoms with van der Waals surface area (Å²) in [5, 5.41) is 0. The lowest BCUT2D eigenvalue weighted by atomic mass is 9.86. The average Bonchev–Trinajstić information content (AvgIpc) is 2.01. The van der Waals surface area contributed by atoms with E-state index in [1.165, 1.54) is 0 Å². The monoisotopic (exact) mass is 183 g/mol. The van der Waals surface area contributed by atoms with E-state index in [1.807, 2.05) is 20.0 Å². The van der Waals surface area contributed by atoms with E-state index in [9.17, 15) is 4.79 Å². The van der Waals surface area contributed by atoms with Crippen LogP contribution in [0.5, 0.6) is 0 Å². The van der Waals surface area contributed by atoms with Crippen LogP contribution in [0.15, 0.2) is 12.7 Å². The van der Waals surface area contributed by atoms with Crippen LogP contribution in [0.2, 0.25) is 0 Å². The standard InChI is InChI=1S/C11H21NO/c1-7-9(11(3,4)5)12(6)10(13)8-2/h7,9H,1,8H2,2-6H3/t9-/m0/s1. The van der Waals surface area contributed by atoms with Gasteiger partial charge in [0.05, 0.1) is 6.04 Å². The van der Waals surface area contributed by atoms with Gasteiger partial charge in [-0.25, -0.2) is 0 Å². The van der Waals surface area contributed by atoms with Gasteiger partial charge in [0.25, 0.3) is 0 Å². The molecule has 0 heterocycles. The van der Waals surface area contributed by atoms with Crippen LogP contribution < -0.4 is 0 Å². The molecule has 0 aromatic heterocycles. The lowest BCUT2D eigenvalue weighted by molar-refractivity contribution is -0.132. The molecule has 0 aliphatic carbocycles. The molecule has 0 N–H and O–H groups in total. The van der Waals surface area contributed by atoms with E-state index in [4.69, 9.17) is 0 Å². The summed E-state index contributed by atoms with van der Waals surface area (Å²) in [6.45, 7) is 12.0. The topological polar surface area (TPSA) is 20.3 Å². The van der Waals surface area contributed by atoms with Gasteiger partial charge in [-0.05, 0) is 5.41 Å². The fourth-order valence-corrected chi connectivity index (χ4v) is 1.50. The molecule has 0 saturated carbocycles. The maximum atomic E-state index is 11.4. The van der Waals surface area contributed by atoms with Crippen molar-refractivity contribution in [2.75, 3.05) is 7.05 Å². The molecule has 0 rings (SSSR count). The summed E-state index contributed by atoms with van der Waals surface area (Å²) in [5.41, 5.74) is 0.0569. The maximum absolute atomic E-state index is 11.4. The molecule has 13 heavy (non-hydrogen) atoms. The van der Waals surface area contributed by atoms with Crippen molar-refractivity contribution in [3.63, 3.8) is 0 Å². The molecule has 76 valence electrons. The van der Waals surface area contributed by atoms with Gasteiger partial charge in [-0.1, -0.05) is 33.8 Å². The van der Waals surface area contributed by atoms with Crippen LogP contribution in [-0.2, 0) is 4.79 Å². The Morgan fingerprint density at radius 1 is 1.54 bits per heavy atom. The first-order chi connectivity index (χ1) is 5.84. The first kappa shape index (κ1) is 12.2. The number of nitrogens with zero attached hydrogens (tertiary/aromatic N) is 1. The predicted molar refractivity (Wildman–Crippen MR) is 56.5 cm³/mol. The number of amides is 1. The van der Waals surface area contributed by atoms with Crippen molar-refractivity contribution in [3.8, 4) is 0 Å². The minimum Gasteiger partial charge on any atom is -0.339 e. The molecule has 0 aromatic rings. The highest BCUT2D eigenvalue weighted by Gasteiger charge is 2.27. The molecule has 0 unspecified atom stereocenters. The largest absolute Gasteiger partial charge is 0.339 e. The van der Waals surface area contributed by atoms with Crippen molar-refractivity contribution < 1.29 is 4.79 Å². The fraction of sp³-hybridized carbons (Fsp3) is 0.727. The van der Waals surface area contributed by atoms with Gasteiger partial charge >= 0.3 is 0 Å². The SMILES string of the molecule is C=C[C@H](N(C)C(=O)CC)C(C)(C)C. The zero-order valence-electron chi connectivity index (χ0n) is 9.42. The van der Waals surface area contributed by atoms with Crippen LogP contribution in [0.1, 0.15) is 34.1 Å². The zero-order chi connectivity index (χ0) is 10.6. The number of likely N-dealkylation sites (N-methyl/N-ethyl adjacent to an activating group) is 1. The number of hydrogen-bond acceptors (Lipinski definition) is 1. The predicted octanol–water partition coefficient (Wildman–Crippen LogP) is 2.46. The summed E-state index contributed by atoms with van der Waals surface area (Å²) in [5.74, 6) is 0.167. The van der Waals surface area contributed by atoms with Gasteiger partial charge in [0, 0.05) is 13.5 Å². The number of hydrogen-bond donors (Lipinski definition) is 0. The van der Waals surface area contributed by atoms with Crippen molar-refractivity contribution in [1.82, 2.24) is 4.90 Å². The maximum Gasteiger partial charge on any atom is 0.222 e. The molecule has 0 aliphatic heterocycles. The van der Waals surface area contributed by atoms with Crippen LogP contribution in [0.4, 0.5) is 0 Å². The average molecular weight is 183 g/mol. The Bertz CT molecular complexity index is 191. The highest BCUT2D eigenvalue weighted by Crippen LogP contribution is 2.24. The summed E-state index contributed by atoms with van der Waals surface area (Å²) in [6.07, 6.45) is 2.39. The summed E-state index contributed by atoms with van der Waals surface area (Å²) < 4.78 is 0. The van der Waals surface area contributed by atoms with E-state index in [2.05, 4.69) is 27.4 Å². The Morgan fingerprint density at radius 3 is 2.23 bits per heavy atom. The molecule has 0 fully saturated rings. The minimum atomic E-state index is 0.0569. The third kappa shape index (κ3) is 3.21. The molecule has 2 nitrogen and oxygen atoms in total. The van der Waals surface area contributed by atoms with Gasteiger partial charge in [-0.2, -0.15) is 0 Å². The van der Waals surface area contributed by atoms with Gasteiger partial charge in [0.15, 0.2) is 0 Å². The second-order valence-electron chi connectivity index (χ2n) is 4.40. The Kier molecular flexibility index (Phi) is 4.18. The Morgan fingerprint density at radius 2 is 2.00 bits per heavy atom. The molecule has 0 radical (unpaired) electrons. The summed E-state index contributed by atoms with van der Waals surface area (Å²) in [7, 11) is 1.84. The highest BCUT2D eigenvalue weighted by molar-refractivity contribution is 5.76. The molecule has 1 atom stereocenters. The number of carbonyl (C=O) groups is 1. The second kappa shape index (κ2) is 4.45. The molecule has 0 bridgehead atoms. The Labute approximate surface area is 81.6 Å². The van der Waals surface area contributed by atoms with E-state index in [0.717, 1.165) is 0 Å². The lowest BCUT2D eigenvalue weighted by Crippen LogP contribution is -2.43.